The van der Waals surface area contributed by atoms with E-state index in [4.69, 9.17) is 9.84 Å². The van der Waals surface area contributed by atoms with E-state index in [1.807, 2.05) is 0 Å². The third-order valence-corrected chi connectivity index (χ3v) is 4.20. The van der Waals surface area contributed by atoms with Crippen LogP contribution in [-0.4, -0.2) is 23.6 Å². The van der Waals surface area contributed by atoms with E-state index in [0.717, 1.165) is 0 Å². The lowest BCUT2D eigenvalue weighted by atomic mass is 10.1. The highest BCUT2D eigenvalue weighted by atomic mass is 79.9. The summed E-state index contributed by atoms with van der Waals surface area (Å²) in [5.74, 6) is -2.27. The fourth-order valence-corrected chi connectivity index (χ4v) is 2.99. The molecule has 144 valence electrons. The lowest BCUT2D eigenvalue weighted by Crippen LogP contribution is -2.16. The fourth-order valence-electron chi connectivity index (χ4n) is 2.41. The molecular weight excluding hydrogens is 431 g/mol. The van der Waals surface area contributed by atoms with Gasteiger partial charge in [0.25, 0.3) is 5.91 Å². The van der Waals surface area contributed by atoms with Crippen molar-refractivity contribution < 1.29 is 32.6 Å². The molecular formula is C18H15BrF3NO4. The second kappa shape index (κ2) is 7.99. The van der Waals surface area contributed by atoms with Gasteiger partial charge in [0.1, 0.15) is 5.75 Å². The van der Waals surface area contributed by atoms with Gasteiger partial charge in [-0.05, 0) is 65.7 Å². The highest BCUT2D eigenvalue weighted by Crippen LogP contribution is 2.41. The number of carboxylic acid groups (broad SMARTS) is 1. The lowest BCUT2D eigenvalue weighted by molar-refractivity contribution is -0.139. The number of halogens is 4. The number of hydrogen-bond donors (Lipinski definition) is 2. The highest BCUT2D eigenvalue weighted by molar-refractivity contribution is 9.10. The molecule has 27 heavy (non-hydrogen) atoms. The SMILES string of the molecule is CCOc1c(Br)cc(C(=O)Nc2ccc(C(=O)O)c(C)c2)cc1C(F)(F)F. The predicted octanol–water partition coefficient (Wildman–Crippen LogP) is 5.13. The summed E-state index contributed by atoms with van der Waals surface area (Å²) in [6, 6.07) is 6.04. The first kappa shape index (κ1) is 20.8. The van der Waals surface area contributed by atoms with Crippen LogP contribution in [0.15, 0.2) is 34.8 Å². The number of carbonyl (C=O) groups excluding carboxylic acids is 1. The van der Waals surface area contributed by atoms with Crippen molar-refractivity contribution in [2.45, 2.75) is 20.0 Å². The summed E-state index contributed by atoms with van der Waals surface area (Å²) in [5.41, 5.74) is -0.555. The van der Waals surface area contributed by atoms with Crippen LogP contribution >= 0.6 is 15.9 Å². The minimum Gasteiger partial charge on any atom is -0.492 e. The van der Waals surface area contributed by atoms with Gasteiger partial charge in [-0.3, -0.25) is 4.79 Å². The van der Waals surface area contributed by atoms with Gasteiger partial charge in [0, 0.05) is 11.3 Å². The molecule has 0 heterocycles. The molecule has 0 fully saturated rings. The molecule has 0 saturated heterocycles. The quantitative estimate of drug-likeness (QED) is 0.668. The summed E-state index contributed by atoms with van der Waals surface area (Å²) in [6.07, 6.45) is -4.71. The van der Waals surface area contributed by atoms with E-state index in [9.17, 15) is 22.8 Å². The molecule has 2 rings (SSSR count). The van der Waals surface area contributed by atoms with E-state index < -0.39 is 23.6 Å². The van der Waals surface area contributed by atoms with Crippen LogP contribution in [0.2, 0.25) is 0 Å². The van der Waals surface area contributed by atoms with Crippen molar-refractivity contribution in [2.75, 3.05) is 11.9 Å². The Morgan fingerprint density at radius 3 is 2.41 bits per heavy atom. The molecule has 0 spiro atoms. The average molecular weight is 446 g/mol. The molecule has 0 radical (unpaired) electrons. The third-order valence-electron chi connectivity index (χ3n) is 3.61. The molecule has 1 amide bonds. The Morgan fingerprint density at radius 2 is 1.89 bits per heavy atom. The Morgan fingerprint density at radius 1 is 1.22 bits per heavy atom. The van der Waals surface area contributed by atoms with Gasteiger partial charge in [-0.2, -0.15) is 13.2 Å². The molecule has 0 bridgehead atoms. The molecule has 0 saturated carbocycles. The smallest absolute Gasteiger partial charge is 0.420 e. The molecule has 0 unspecified atom stereocenters. The Balaban J connectivity index is 2.38. The monoisotopic (exact) mass is 445 g/mol. The van der Waals surface area contributed by atoms with Crippen molar-refractivity contribution in [2.24, 2.45) is 0 Å². The number of carboxylic acids is 1. The average Bonchev–Trinajstić information content (AvgIpc) is 2.55. The number of amides is 1. The molecule has 5 nitrogen and oxygen atoms in total. The second-order valence-corrected chi connectivity index (χ2v) is 6.41. The number of aryl methyl sites for hydroxylation is 1. The zero-order valence-electron chi connectivity index (χ0n) is 14.3. The lowest BCUT2D eigenvalue weighted by Gasteiger charge is -2.16. The second-order valence-electron chi connectivity index (χ2n) is 5.55. The molecule has 0 aliphatic carbocycles. The van der Waals surface area contributed by atoms with Gasteiger partial charge in [0.05, 0.1) is 22.2 Å². The van der Waals surface area contributed by atoms with Gasteiger partial charge in [-0.15, -0.1) is 0 Å². The number of nitrogens with one attached hydrogen (secondary N) is 1. The number of alkyl halides is 3. The number of benzene rings is 2. The van der Waals surface area contributed by atoms with E-state index in [0.29, 0.717) is 11.6 Å². The van der Waals surface area contributed by atoms with Crippen LogP contribution < -0.4 is 10.1 Å². The first-order valence-corrected chi connectivity index (χ1v) is 8.52. The third kappa shape index (κ3) is 4.79. The Labute approximate surface area is 161 Å². The van der Waals surface area contributed by atoms with Gasteiger partial charge < -0.3 is 15.2 Å². The fraction of sp³-hybridized carbons (Fsp3) is 0.222. The zero-order valence-corrected chi connectivity index (χ0v) is 15.9. The van der Waals surface area contributed by atoms with E-state index >= 15 is 0 Å². The number of rotatable bonds is 5. The van der Waals surface area contributed by atoms with Crippen LogP contribution in [0, 0.1) is 6.92 Å². The van der Waals surface area contributed by atoms with Gasteiger partial charge >= 0.3 is 12.1 Å². The number of ether oxygens (including phenoxy) is 1. The van der Waals surface area contributed by atoms with Crippen molar-refractivity contribution in [3.63, 3.8) is 0 Å². The van der Waals surface area contributed by atoms with Crippen LogP contribution in [0.5, 0.6) is 5.75 Å². The molecule has 9 heteroatoms. The number of hydrogen-bond acceptors (Lipinski definition) is 3. The van der Waals surface area contributed by atoms with E-state index in [1.54, 1.807) is 13.8 Å². The van der Waals surface area contributed by atoms with Crippen LogP contribution in [0.4, 0.5) is 18.9 Å². The largest absolute Gasteiger partial charge is 0.492 e. The molecule has 2 aromatic carbocycles. The zero-order chi connectivity index (χ0) is 20.4. The number of anilines is 1. The molecule has 0 atom stereocenters. The number of aromatic carboxylic acids is 1. The molecule has 0 aliphatic rings. The van der Waals surface area contributed by atoms with Crippen LogP contribution in [0.1, 0.15) is 38.8 Å². The Kier molecular flexibility index (Phi) is 6.15. The maximum absolute atomic E-state index is 13.3. The summed E-state index contributed by atoms with van der Waals surface area (Å²) in [5, 5.41) is 11.5. The van der Waals surface area contributed by atoms with Crippen LogP contribution in [-0.2, 0) is 6.18 Å². The molecule has 0 aliphatic heterocycles. The van der Waals surface area contributed by atoms with Crippen molar-refractivity contribution in [1.82, 2.24) is 0 Å². The first-order valence-electron chi connectivity index (χ1n) is 7.73. The van der Waals surface area contributed by atoms with Gasteiger partial charge in [0.2, 0.25) is 0 Å². The van der Waals surface area contributed by atoms with Gasteiger partial charge in [0.15, 0.2) is 0 Å². The summed E-state index contributed by atoms with van der Waals surface area (Å²) in [4.78, 5) is 23.4. The van der Waals surface area contributed by atoms with Crippen molar-refractivity contribution in [1.29, 1.82) is 0 Å². The van der Waals surface area contributed by atoms with Crippen molar-refractivity contribution in [3.8, 4) is 5.75 Å². The molecule has 2 aromatic rings. The Bertz CT molecular complexity index is 897. The van der Waals surface area contributed by atoms with Crippen LogP contribution in [0.25, 0.3) is 0 Å². The van der Waals surface area contributed by atoms with Gasteiger partial charge in [-0.25, -0.2) is 4.79 Å². The highest BCUT2D eigenvalue weighted by Gasteiger charge is 2.36. The first-order chi connectivity index (χ1) is 12.5. The van der Waals surface area contributed by atoms with Gasteiger partial charge in [-0.1, -0.05) is 0 Å². The van der Waals surface area contributed by atoms with Crippen molar-refractivity contribution in [3.05, 3.63) is 57.1 Å². The summed E-state index contributed by atoms with van der Waals surface area (Å²) < 4.78 is 45.0. The van der Waals surface area contributed by atoms with Crippen molar-refractivity contribution >= 4 is 33.5 Å². The summed E-state index contributed by atoms with van der Waals surface area (Å²) in [7, 11) is 0. The van der Waals surface area contributed by atoms with E-state index in [1.165, 1.54) is 24.3 Å². The summed E-state index contributed by atoms with van der Waals surface area (Å²) >= 11 is 3.01. The maximum atomic E-state index is 13.3. The Hall–Kier alpha value is -2.55. The van der Waals surface area contributed by atoms with E-state index in [-0.39, 0.29) is 33.6 Å². The standard InChI is InChI=1S/C18H15BrF3NO4/c1-3-27-15-13(18(20,21)22)7-10(8-14(15)19)16(24)23-11-4-5-12(17(25)26)9(2)6-11/h4-8H,3H2,1-2H3,(H,23,24)(H,25,26). The minimum atomic E-state index is -4.71. The predicted molar refractivity (Wildman–Crippen MR) is 96.4 cm³/mol. The molecule has 2 N–H and O–H groups in total. The minimum absolute atomic E-state index is 0.00160. The topological polar surface area (TPSA) is 75.6 Å². The normalized spacial score (nSPS) is 11.2. The number of carbonyl (C=O) groups is 2. The summed E-state index contributed by atoms with van der Waals surface area (Å²) in [6.45, 7) is 3.13. The van der Waals surface area contributed by atoms with E-state index in [2.05, 4.69) is 21.2 Å². The maximum Gasteiger partial charge on any atom is 0.420 e. The molecule has 0 aromatic heterocycles. The van der Waals surface area contributed by atoms with Crippen LogP contribution in [0.3, 0.4) is 0 Å².